The standard InChI is InChI=1S/C18H28N2/c1-15-16(6-5-7-17(15)19)14-20-12-10-18(11-13-20)8-3-2-4-9-18/h5-7H,2-4,8-14,19H2,1H3. The average molecular weight is 272 g/mol. The van der Waals surface area contributed by atoms with Crippen molar-refractivity contribution in [3.05, 3.63) is 29.3 Å². The van der Waals surface area contributed by atoms with Gasteiger partial charge in [0.25, 0.3) is 0 Å². The highest BCUT2D eigenvalue weighted by Gasteiger charge is 2.35. The summed E-state index contributed by atoms with van der Waals surface area (Å²) >= 11 is 0. The number of nitrogen functional groups attached to an aromatic ring is 1. The van der Waals surface area contributed by atoms with E-state index in [4.69, 9.17) is 5.73 Å². The molecule has 1 aliphatic carbocycles. The van der Waals surface area contributed by atoms with Crippen molar-refractivity contribution < 1.29 is 0 Å². The molecule has 20 heavy (non-hydrogen) atoms. The number of likely N-dealkylation sites (tertiary alicyclic amines) is 1. The molecule has 2 fully saturated rings. The van der Waals surface area contributed by atoms with E-state index in [2.05, 4.69) is 24.0 Å². The first-order chi connectivity index (χ1) is 9.69. The molecule has 2 nitrogen and oxygen atoms in total. The van der Waals surface area contributed by atoms with E-state index in [1.54, 1.807) is 0 Å². The summed E-state index contributed by atoms with van der Waals surface area (Å²) < 4.78 is 0. The molecule has 1 saturated carbocycles. The first kappa shape index (κ1) is 13.9. The molecule has 1 aliphatic heterocycles. The van der Waals surface area contributed by atoms with Crippen molar-refractivity contribution in [1.29, 1.82) is 0 Å². The SMILES string of the molecule is Cc1c(N)cccc1CN1CCC2(CCCCC2)CC1. The zero-order valence-corrected chi connectivity index (χ0v) is 12.8. The van der Waals surface area contributed by atoms with Crippen molar-refractivity contribution in [2.45, 2.75) is 58.4 Å². The van der Waals surface area contributed by atoms with Gasteiger partial charge in [-0.25, -0.2) is 0 Å². The van der Waals surface area contributed by atoms with Crippen molar-refractivity contribution in [3.8, 4) is 0 Å². The van der Waals surface area contributed by atoms with Gasteiger partial charge < -0.3 is 5.73 Å². The van der Waals surface area contributed by atoms with E-state index in [-0.39, 0.29) is 0 Å². The van der Waals surface area contributed by atoms with Gasteiger partial charge in [0.15, 0.2) is 0 Å². The maximum absolute atomic E-state index is 6.02. The summed E-state index contributed by atoms with van der Waals surface area (Å²) in [6, 6.07) is 6.33. The zero-order valence-electron chi connectivity index (χ0n) is 12.8. The van der Waals surface area contributed by atoms with Gasteiger partial charge in [-0.3, -0.25) is 4.90 Å². The molecule has 0 atom stereocenters. The van der Waals surface area contributed by atoms with E-state index < -0.39 is 0 Å². The molecule has 0 radical (unpaired) electrons. The maximum atomic E-state index is 6.02. The Labute approximate surface area is 123 Å². The summed E-state index contributed by atoms with van der Waals surface area (Å²) in [7, 11) is 0. The van der Waals surface area contributed by atoms with Crippen LogP contribution in [0.25, 0.3) is 0 Å². The van der Waals surface area contributed by atoms with Gasteiger partial charge in [0.05, 0.1) is 0 Å². The van der Waals surface area contributed by atoms with E-state index in [0.29, 0.717) is 5.41 Å². The van der Waals surface area contributed by atoms with Crippen LogP contribution in [0.3, 0.4) is 0 Å². The average Bonchev–Trinajstić information content (AvgIpc) is 2.47. The Hall–Kier alpha value is -1.02. The fourth-order valence-electron chi connectivity index (χ4n) is 4.10. The molecule has 0 aromatic heterocycles. The predicted molar refractivity (Wildman–Crippen MR) is 85.6 cm³/mol. The maximum Gasteiger partial charge on any atom is 0.0346 e. The Balaban J connectivity index is 1.60. The second-order valence-electron chi connectivity index (χ2n) is 6.97. The van der Waals surface area contributed by atoms with Gasteiger partial charge in [0.2, 0.25) is 0 Å². The Morgan fingerprint density at radius 2 is 1.75 bits per heavy atom. The third-order valence-electron chi connectivity index (χ3n) is 5.71. The molecule has 1 heterocycles. The van der Waals surface area contributed by atoms with Gasteiger partial charge in [-0.1, -0.05) is 31.4 Å². The van der Waals surface area contributed by atoms with E-state index in [1.165, 1.54) is 69.2 Å². The van der Waals surface area contributed by atoms with E-state index in [0.717, 1.165) is 12.2 Å². The molecule has 0 unspecified atom stereocenters. The molecule has 2 aliphatic rings. The number of hydrogen-bond donors (Lipinski definition) is 1. The third-order valence-corrected chi connectivity index (χ3v) is 5.71. The molecule has 2 N–H and O–H groups in total. The molecule has 110 valence electrons. The summed E-state index contributed by atoms with van der Waals surface area (Å²) in [5.41, 5.74) is 10.3. The van der Waals surface area contributed by atoms with Crippen molar-refractivity contribution >= 4 is 5.69 Å². The second-order valence-corrected chi connectivity index (χ2v) is 6.97. The second kappa shape index (κ2) is 5.77. The minimum atomic E-state index is 0.708. The summed E-state index contributed by atoms with van der Waals surface area (Å²) in [5, 5.41) is 0. The molecular weight excluding hydrogens is 244 g/mol. The fourth-order valence-corrected chi connectivity index (χ4v) is 4.10. The van der Waals surface area contributed by atoms with Crippen LogP contribution in [-0.2, 0) is 6.54 Å². The molecule has 1 saturated heterocycles. The number of piperidine rings is 1. The summed E-state index contributed by atoms with van der Waals surface area (Å²) in [4.78, 5) is 2.63. The summed E-state index contributed by atoms with van der Waals surface area (Å²) in [6.07, 6.45) is 10.2. The molecule has 1 spiro atoms. The lowest BCUT2D eigenvalue weighted by Gasteiger charge is -2.44. The minimum Gasteiger partial charge on any atom is -0.399 e. The van der Waals surface area contributed by atoms with Crippen molar-refractivity contribution in [3.63, 3.8) is 0 Å². The highest BCUT2D eigenvalue weighted by Crippen LogP contribution is 2.44. The van der Waals surface area contributed by atoms with Gasteiger partial charge in [0.1, 0.15) is 0 Å². The van der Waals surface area contributed by atoms with Crippen LogP contribution in [0.15, 0.2) is 18.2 Å². The Morgan fingerprint density at radius 3 is 2.45 bits per heavy atom. The van der Waals surface area contributed by atoms with Crippen molar-refractivity contribution in [2.24, 2.45) is 5.41 Å². The number of rotatable bonds is 2. The molecule has 1 aromatic rings. The Kier molecular flexibility index (Phi) is 4.02. The number of anilines is 1. The largest absolute Gasteiger partial charge is 0.399 e. The normalized spacial score (nSPS) is 23.1. The van der Waals surface area contributed by atoms with Gasteiger partial charge in [-0.2, -0.15) is 0 Å². The zero-order chi connectivity index (χ0) is 14.0. The topological polar surface area (TPSA) is 29.3 Å². The van der Waals surface area contributed by atoms with E-state index in [9.17, 15) is 0 Å². The number of nitrogens with two attached hydrogens (primary N) is 1. The third kappa shape index (κ3) is 2.85. The van der Waals surface area contributed by atoms with Gasteiger partial charge in [-0.15, -0.1) is 0 Å². The molecule has 0 bridgehead atoms. The van der Waals surface area contributed by atoms with E-state index in [1.807, 2.05) is 6.07 Å². The van der Waals surface area contributed by atoms with Crippen molar-refractivity contribution in [2.75, 3.05) is 18.8 Å². The first-order valence-electron chi connectivity index (χ1n) is 8.25. The lowest BCUT2D eigenvalue weighted by molar-refractivity contribution is 0.0640. The monoisotopic (exact) mass is 272 g/mol. The minimum absolute atomic E-state index is 0.708. The van der Waals surface area contributed by atoms with Gasteiger partial charge in [0, 0.05) is 12.2 Å². The molecule has 0 amide bonds. The molecule has 3 rings (SSSR count). The molecule has 2 heteroatoms. The summed E-state index contributed by atoms with van der Waals surface area (Å²) in [6.45, 7) is 5.77. The Morgan fingerprint density at radius 1 is 1.05 bits per heavy atom. The van der Waals surface area contributed by atoms with Crippen LogP contribution in [0.2, 0.25) is 0 Å². The van der Waals surface area contributed by atoms with Crippen LogP contribution in [0.4, 0.5) is 5.69 Å². The lowest BCUT2D eigenvalue weighted by Crippen LogP contribution is -2.40. The van der Waals surface area contributed by atoms with Crippen LogP contribution in [-0.4, -0.2) is 18.0 Å². The van der Waals surface area contributed by atoms with Crippen molar-refractivity contribution in [1.82, 2.24) is 4.90 Å². The smallest absolute Gasteiger partial charge is 0.0346 e. The Bertz CT molecular complexity index is 450. The van der Waals surface area contributed by atoms with Gasteiger partial charge in [-0.05, 0) is 68.3 Å². The van der Waals surface area contributed by atoms with Crippen LogP contribution in [0.5, 0.6) is 0 Å². The number of benzene rings is 1. The molecule has 1 aromatic carbocycles. The van der Waals surface area contributed by atoms with E-state index >= 15 is 0 Å². The van der Waals surface area contributed by atoms with Crippen LogP contribution in [0.1, 0.15) is 56.1 Å². The summed E-state index contributed by atoms with van der Waals surface area (Å²) in [5.74, 6) is 0. The lowest BCUT2D eigenvalue weighted by atomic mass is 9.68. The highest BCUT2D eigenvalue weighted by molar-refractivity contribution is 5.49. The first-order valence-corrected chi connectivity index (χ1v) is 8.25. The fraction of sp³-hybridized carbons (Fsp3) is 0.667. The number of hydrogen-bond acceptors (Lipinski definition) is 2. The quantitative estimate of drug-likeness (QED) is 0.820. The predicted octanol–water partition coefficient (Wildman–Crippen LogP) is 4.12. The van der Waals surface area contributed by atoms with Gasteiger partial charge >= 0.3 is 0 Å². The van der Waals surface area contributed by atoms with Crippen LogP contribution >= 0.6 is 0 Å². The molecular formula is C18H28N2. The van der Waals surface area contributed by atoms with Crippen LogP contribution in [0, 0.1) is 12.3 Å². The highest BCUT2D eigenvalue weighted by atomic mass is 15.1. The van der Waals surface area contributed by atoms with Crippen LogP contribution < -0.4 is 5.73 Å². The number of nitrogens with zero attached hydrogens (tertiary/aromatic N) is 1.